The Kier molecular flexibility index (Phi) is 3.64. The highest BCUT2D eigenvalue weighted by Gasteiger charge is 2.35. The minimum atomic E-state index is -3.29. The maximum atomic E-state index is 13.0. The molecule has 0 radical (unpaired) electrons. The van der Waals surface area contributed by atoms with Crippen LogP contribution in [0.15, 0.2) is 42.7 Å². The van der Waals surface area contributed by atoms with Crippen molar-refractivity contribution in [2.24, 2.45) is 5.92 Å². The van der Waals surface area contributed by atoms with E-state index in [9.17, 15) is 8.42 Å². The second-order valence-corrected chi connectivity index (χ2v) is 8.52. The second kappa shape index (κ2) is 5.67. The maximum Gasteiger partial charge on any atom is 0.235 e. The van der Waals surface area contributed by atoms with Crippen LogP contribution in [-0.2, 0) is 16.4 Å². The lowest BCUT2D eigenvalue weighted by Gasteiger charge is -2.37. The molecule has 1 atom stereocenters. The van der Waals surface area contributed by atoms with Crippen LogP contribution in [0.25, 0.3) is 0 Å². The molecule has 1 saturated carbocycles. The summed E-state index contributed by atoms with van der Waals surface area (Å²) in [6, 6.07) is 9.77. The van der Waals surface area contributed by atoms with Crippen molar-refractivity contribution in [1.82, 2.24) is 9.78 Å². The lowest BCUT2D eigenvalue weighted by atomic mass is 9.87. The third-order valence-electron chi connectivity index (χ3n) is 5.00. The largest absolute Gasteiger partial charge is 0.268 e. The first kappa shape index (κ1) is 14.8. The standard InChI is InChI=1S/C17H21N3O2S/c21-23(22,13-14-5-3-6-14)20-12-16(19-10-4-9-18-19)11-15-7-1-2-8-17(15)20/h1-2,4,7-10,14,16H,3,5-6,11-13H2. The van der Waals surface area contributed by atoms with Gasteiger partial charge in [-0.25, -0.2) is 8.42 Å². The summed E-state index contributed by atoms with van der Waals surface area (Å²) < 4.78 is 29.4. The van der Waals surface area contributed by atoms with E-state index in [1.807, 2.05) is 41.2 Å². The highest BCUT2D eigenvalue weighted by molar-refractivity contribution is 7.92. The summed E-state index contributed by atoms with van der Waals surface area (Å²) in [6.07, 6.45) is 7.71. The molecule has 6 heteroatoms. The van der Waals surface area contributed by atoms with Gasteiger partial charge in [0, 0.05) is 12.4 Å². The molecule has 0 amide bonds. The third-order valence-corrected chi connectivity index (χ3v) is 6.91. The highest BCUT2D eigenvalue weighted by Crippen LogP contribution is 2.36. The van der Waals surface area contributed by atoms with E-state index in [-0.39, 0.29) is 11.8 Å². The monoisotopic (exact) mass is 331 g/mol. The Labute approximate surface area is 137 Å². The summed E-state index contributed by atoms with van der Waals surface area (Å²) in [5.41, 5.74) is 1.92. The van der Waals surface area contributed by atoms with Crippen LogP contribution in [0.2, 0.25) is 0 Å². The minimum Gasteiger partial charge on any atom is -0.268 e. The third kappa shape index (κ3) is 2.76. The fourth-order valence-corrected chi connectivity index (χ4v) is 5.51. The van der Waals surface area contributed by atoms with Crippen molar-refractivity contribution < 1.29 is 8.42 Å². The molecule has 122 valence electrons. The average Bonchev–Trinajstić information content (AvgIpc) is 3.04. The van der Waals surface area contributed by atoms with Gasteiger partial charge in [-0.15, -0.1) is 0 Å². The van der Waals surface area contributed by atoms with Gasteiger partial charge in [-0.1, -0.05) is 24.6 Å². The van der Waals surface area contributed by atoms with Crippen LogP contribution < -0.4 is 4.31 Å². The van der Waals surface area contributed by atoms with Gasteiger partial charge in [-0.05, 0) is 42.9 Å². The zero-order valence-corrected chi connectivity index (χ0v) is 13.8. The first-order chi connectivity index (χ1) is 11.1. The number of fused-ring (bicyclic) bond motifs is 1. The van der Waals surface area contributed by atoms with Crippen LogP contribution >= 0.6 is 0 Å². The van der Waals surface area contributed by atoms with Crippen molar-refractivity contribution in [2.75, 3.05) is 16.6 Å². The summed E-state index contributed by atoms with van der Waals surface area (Å²) in [5, 5.41) is 4.31. The van der Waals surface area contributed by atoms with Crippen molar-refractivity contribution in [3.8, 4) is 0 Å². The fourth-order valence-electron chi connectivity index (χ4n) is 3.52. The van der Waals surface area contributed by atoms with E-state index in [0.29, 0.717) is 12.5 Å². The number of anilines is 1. The van der Waals surface area contributed by atoms with Gasteiger partial charge in [0.1, 0.15) is 0 Å². The molecule has 1 unspecified atom stereocenters. The number of para-hydroxylation sites is 1. The van der Waals surface area contributed by atoms with Gasteiger partial charge in [-0.2, -0.15) is 5.10 Å². The quantitative estimate of drug-likeness (QED) is 0.865. The van der Waals surface area contributed by atoms with Crippen molar-refractivity contribution in [3.05, 3.63) is 48.3 Å². The molecule has 2 heterocycles. The molecular weight excluding hydrogens is 310 g/mol. The lowest BCUT2D eigenvalue weighted by Crippen LogP contribution is -2.43. The predicted molar refractivity (Wildman–Crippen MR) is 89.9 cm³/mol. The molecule has 1 aromatic heterocycles. The van der Waals surface area contributed by atoms with Crippen molar-refractivity contribution in [1.29, 1.82) is 0 Å². The number of rotatable bonds is 4. The Morgan fingerprint density at radius 2 is 2.00 bits per heavy atom. The van der Waals surface area contributed by atoms with Crippen molar-refractivity contribution >= 4 is 15.7 Å². The van der Waals surface area contributed by atoms with Gasteiger partial charge < -0.3 is 0 Å². The predicted octanol–water partition coefficient (Wildman–Crippen LogP) is 2.62. The number of hydrogen-bond acceptors (Lipinski definition) is 3. The summed E-state index contributed by atoms with van der Waals surface area (Å²) in [5.74, 6) is 0.602. The van der Waals surface area contributed by atoms with E-state index < -0.39 is 10.0 Å². The van der Waals surface area contributed by atoms with Gasteiger partial charge in [0.2, 0.25) is 10.0 Å². The van der Waals surface area contributed by atoms with Gasteiger partial charge in [-0.3, -0.25) is 8.99 Å². The number of sulfonamides is 1. The molecular formula is C17H21N3O2S. The lowest BCUT2D eigenvalue weighted by molar-refractivity contribution is 0.346. The molecule has 0 bridgehead atoms. The number of hydrogen-bond donors (Lipinski definition) is 0. The summed E-state index contributed by atoms with van der Waals surface area (Å²) in [4.78, 5) is 0. The van der Waals surface area contributed by atoms with E-state index in [1.165, 1.54) is 0 Å². The van der Waals surface area contributed by atoms with Gasteiger partial charge >= 0.3 is 0 Å². The number of aromatic nitrogens is 2. The van der Waals surface area contributed by atoms with E-state index in [4.69, 9.17) is 0 Å². The van der Waals surface area contributed by atoms with Gasteiger partial charge in [0.05, 0.1) is 24.0 Å². The molecule has 0 spiro atoms. The molecule has 4 rings (SSSR count). The van der Waals surface area contributed by atoms with Gasteiger partial charge in [0.15, 0.2) is 0 Å². The Bertz CT molecular complexity index is 782. The van der Waals surface area contributed by atoms with Crippen LogP contribution in [0.3, 0.4) is 0 Å². The number of nitrogens with zero attached hydrogens (tertiary/aromatic N) is 3. The molecule has 1 fully saturated rings. The molecule has 2 aliphatic rings. The van der Waals surface area contributed by atoms with Crippen LogP contribution in [0, 0.1) is 5.92 Å². The molecule has 2 aromatic rings. The van der Waals surface area contributed by atoms with E-state index in [1.54, 1.807) is 10.5 Å². The second-order valence-electron chi connectivity index (χ2n) is 6.58. The van der Waals surface area contributed by atoms with E-state index in [2.05, 4.69) is 5.10 Å². The SMILES string of the molecule is O=S(=O)(CC1CCC1)N1CC(n2cccn2)Cc2ccccc21. The average molecular weight is 331 g/mol. The number of benzene rings is 1. The summed E-state index contributed by atoms with van der Waals surface area (Å²) in [6.45, 7) is 0.466. The minimum absolute atomic E-state index is 0.0519. The summed E-state index contributed by atoms with van der Waals surface area (Å²) in [7, 11) is -3.29. The zero-order chi connectivity index (χ0) is 15.9. The zero-order valence-electron chi connectivity index (χ0n) is 13.0. The smallest absolute Gasteiger partial charge is 0.235 e. The Balaban J connectivity index is 1.69. The highest BCUT2D eigenvalue weighted by atomic mass is 32.2. The first-order valence-corrected chi connectivity index (χ1v) is 9.82. The van der Waals surface area contributed by atoms with Crippen molar-refractivity contribution in [3.63, 3.8) is 0 Å². The molecule has 23 heavy (non-hydrogen) atoms. The summed E-state index contributed by atoms with van der Waals surface area (Å²) >= 11 is 0. The van der Waals surface area contributed by atoms with Crippen LogP contribution in [0.4, 0.5) is 5.69 Å². The molecule has 1 aliphatic heterocycles. The fraction of sp³-hybridized carbons (Fsp3) is 0.471. The molecule has 1 aliphatic carbocycles. The Hall–Kier alpha value is -1.82. The first-order valence-electron chi connectivity index (χ1n) is 8.21. The van der Waals surface area contributed by atoms with Crippen LogP contribution in [0.1, 0.15) is 30.9 Å². The van der Waals surface area contributed by atoms with E-state index >= 15 is 0 Å². The normalized spacial score (nSPS) is 21.7. The van der Waals surface area contributed by atoms with E-state index in [0.717, 1.165) is 36.9 Å². The molecule has 0 saturated heterocycles. The molecule has 5 nitrogen and oxygen atoms in total. The Morgan fingerprint density at radius 3 is 2.70 bits per heavy atom. The Morgan fingerprint density at radius 1 is 1.17 bits per heavy atom. The van der Waals surface area contributed by atoms with Crippen LogP contribution in [-0.4, -0.2) is 30.5 Å². The van der Waals surface area contributed by atoms with Crippen molar-refractivity contribution in [2.45, 2.75) is 31.7 Å². The topological polar surface area (TPSA) is 55.2 Å². The molecule has 0 N–H and O–H groups in total. The van der Waals surface area contributed by atoms with Gasteiger partial charge in [0.25, 0.3) is 0 Å². The maximum absolute atomic E-state index is 13.0. The van der Waals surface area contributed by atoms with Crippen LogP contribution in [0.5, 0.6) is 0 Å². The molecule has 1 aromatic carbocycles.